The third-order valence-electron chi connectivity index (χ3n) is 2.36. The number of carbonyl (C=O) groups is 1. The Bertz CT molecular complexity index is 591. The lowest BCUT2D eigenvalue weighted by Gasteiger charge is -1.98. The first-order chi connectivity index (χ1) is 8.66. The molecule has 0 fully saturated rings. The molecule has 18 heavy (non-hydrogen) atoms. The lowest BCUT2D eigenvalue weighted by Crippen LogP contribution is -1.94. The Morgan fingerprint density at radius 3 is 2.61 bits per heavy atom. The number of allylic oxidation sites excluding steroid dienone is 1. The molecule has 0 bridgehead atoms. The van der Waals surface area contributed by atoms with E-state index in [0.29, 0.717) is 0 Å². The molecular weight excluding hydrogens is 294 g/mol. The van der Waals surface area contributed by atoms with Gasteiger partial charge in [0.2, 0.25) is 0 Å². The van der Waals surface area contributed by atoms with E-state index in [9.17, 15) is 9.90 Å². The number of hydrogen-bond acceptors (Lipinski definition) is 3. The zero-order valence-electron chi connectivity index (χ0n) is 9.38. The summed E-state index contributed by atoms with van der Waals surface area (Å²) in [6.07, 6.45) is 5.86. The zero-order chi connectivity index (χ0) is 13.0. The second kappa shape index (κ2) is 5.60. The molecule has 0 atom stereocenters. The molecule has 0 saturated heterocycles. The average molecular weight is 304 g/mol. The highest BCUT2D eigenvalue weighted by Crippen LogP contribution is 2.16. The molecule has 0 aliphatic carbocycles. The second-order valence-corrected chi connectivity index (χ2v) is 4.56. The summed E-state index contributed by atoms with van der Waals surface area (Å²) in [5.74, 6) is -0.360. The lowest BCUT2D eigenvalue weighted by molar-refractivity contribution is 0.104. The predicted octanol–water partition coefficient (Wildman–Crippen LogP) is 3.45. The summed E-state index contributed by atoms with van der Waals surface area (Å²) in [6, 6.07) is 9.06. The van der Waals surface area contributed by atoms with Crippen molar-refractivity contribution in [2.24, 2.45) is 0 Å². The first-order valence-corrected chi connectivity index (χ1v) is 6.07. The molecule has 1 heterocycles. The van der Waals surface area contributed by atoms with Gasteiger partial charge in [-0.05, 0) is 29.8 Å². The SMILES string of the molecule is O=C(/C=C/c1ccc(Br)cc1)c1ccncc1O. The summed E-state index contributed by atoms with van der Waals surface area (Å²) >= 11 is 3.34. The molecule has 2 rings (SSSR count). The van der Waals surface area contributed by atoms with Crippen molar-refractivity contribution in [2.45, 2.75) is 0 Å². The van der Waals surface area contributed by atoms with Gasteiger partial charge in [0.15, 0.2) is 5.78 Å². The molecule has 1 aromatic carbocycles. The Labute approximate surface area is 113 Å². The van der Waals surface area contributed by atoms with Crippen molar-refractivity contribution in [1.82, 2.24) is 4.98 Å². The summed E-state index contributed by atoms with van der Waals surface area (Å²) in [4.78, 5) is 15.5. The molecule has 3 nitrogen and oxygen atoms in total. The molecule has 1 aromatic heterocycles. The normalized spacial score (nSPS) is 10.7. The second-order valence-electron chi connectivity index (χ2n) is 3.64. The monoisotopic (exact) mass is 303 g/mol. The van der Waals surface area contributed by atoms with Gasteiger partial charge in [-0.15, -0.1) is 0 Å². The molecule has 1 N–H and O–H groups in total. The Morgan fingerprint density at radius 2 is 1.94 bits per heavy atom. The summed E-state index contributed by atoms with van der Waals surface area (Å²) in [6.45, 7) is 0. The fourth-order valence-electron chi connectivity index (χ4n) is 1.43. The summed E-state index contributed by atoms with van der Waals surface area (Å²) < 4.78 is 0.984. The number of rotatable bonds is 3. The van der Waals surface area contributed by atoms with Crippen molar-refractivity contribution < 1.29 is 9.90 Å². The quantitative estimate of drug-likeness (QED) is 0.698. The number of aromatic nitrogens is 1. The maximum Gasteiger partial charge on any atom is 0.189 e. The molecule has 0 unspecified atom stereocenters. The van der Waals surface area contributed by atoms with Crippen LogP contribution in [0.3, 0.4) is 0 Å². The molecule has 4 heteroatoms. The van der Waals surface area contributed by atoms with E-state index in [-0.39, 0.29) is 17.1 Å². The van der Waals surface area contributed by atoms with E-state index in [1.165, 1.54) is 24.5 Å². The average Bonchev–Trinajstić information content (AvgIpc) is 2.38. The van der Waals surface area contributed by atoms with Crippen LogP contribution in [0.4, 0.5) is 0 Å². The third-order valence-corrected chi connectivity index (χ3v) is 2.89. The molecule has 0 amide bonds. The highest BCUT2D eigenvalue weighted by molar-refractivity contribution is 9.10. The molecule has 90 valence electrons. The number of hydrogen-bond donors (Lipinski definition) is 1. The number of aromatic hydroxyl groups is 1. The standard InChI is InChI=1S/C14H10BrNO2/c15-11-4-1-10(2-5-11)3-6-13(17)12-7-8-16-9-14(12)18/h1-9,18H/b6-3+. The third kappa shape index (κ3) is 3.05. The van der Waals surface area contributed by atoms with Crippen molar-refractivity contribution in [3.8, 4) is 5.75 Å². The van der Waals surface area contributed by atoms with Crippen LogP contribution < -0.4 is 0 Å². The smallest absolute Gasteiger partial charge is 0.189 e. The van der Waals surface area contributed by atoms with E-state index in [1.807, 2.05) is 24.3 Å². The lowest BCUT2D eigenvalue weighted by atomic mass is 10.1. The minimum Gasteiger partial charge on any atom is -0.506 e. The maximum absolute atomic E-state index is 11.8. The Balaban J connectivity index is 2.17. The minimum absolute atomic E-state index is 0.108. The van der Waals surface area contributed by atoms with Gasteiger partial charge >= 0.3 is 0 Å². The predicted molar refractivity (Wildman–Crippen MR) is 73.4 cm³/mol. The van der Waals surface area contributed by atoms with E-state index in [0.717, 1.165) is 10.0 Å². The molecule has 0 spiro atoms. The van der Waals surface area contributed by atoms with Crippen LogP contribution in [0.15, 0.2) is 53.3 Å². The number of pyridine rings is 1. The Kier molecular flexibility index (Phi) is 3.89. The topological polar surface area (TPSA) is 50.2 Å². The molecule has 2 aromatic rings. The van der Waals surface area contributed by atoms with Crippen LogP contribution in [0.2, 0.25) is 0 Å². The Morgan fingerprint density at radius 1 is 1.22 bits per heavy atom. The van der Waals surface area contributed by atoms with Gasteiger partial charge < -0.3 is 5.11 Å². The number of halogens is 1. The summed E-state index contributed by atoms with van der Waals surface area (Å²) in [7, 11) is 0. The van der Waals surface area contributed by atoms with Crippen LogP contribution in [0.1, 0.15) is 15.9 Å². The molecule has 0 aliphatic heterocycles. The molecule has 0 radical (unpaired) electrons. The number of nitrogens with zero attached hydrogens (tertiary/aromatic N) is 1. The summed E-state index contributed by atoms with van der Waals surface area (Å²) in [5.41, 5.74) is 1.17. The number of ketones is 1. The zero-order valence-corrected chi connectivity index (χ0v) is 11.0. The van der Waals surface area contributed by atoms with Gasteiger partial charge in [0.05, 0.1) is 11.8 Å². The van der Waals surface area contributed by atoms with E-state index in [1.54, 1.807) is 6.08 Å². The van der Waals surface area contributed by atoms with Crippen LogP contribution in [0.5, 0.6) is 5.75 Å². The van der Waals surface area contributed by atoms with E-state index >= 15 is 0 Å². The largest absolute Gasteiger partial charge is 0.506 e. The summed E-state index contributed by atoms with van der Waals surface area (Å²) in [5, 5.41) is 9.49. The number of carbonyl (C=O) groups excluding carboxylic acids is 1. The van der Waals surface area contributed by atoms with Crippen LogP contribution in [0, 0.1) is 0 Å². The van der Waals surface area contributed by atoms with Gasteiger partial charge in [-0.3, -0.25) is 9.78 Å². The van der Waals surface area contributed by atoms with Crippen molar-refractivity contribution in [3.05, 3.63) is 64.4 Å². The maximum atomic E-state index is 11.8. The Hall–Kier alpha value is -1.94. The van der Waals surface area contributed by atoms with Gasteiger partial charge in [-0.1, -0.05) is 34.1 Å². The van der Waals surface area contributed by atoms with Crippen molar-refractivity contribution in [2.75, 3.05) is 0 Å². The van der Waals surface area contributed by atoms with E-state index in [4.69, 9.17) is 0 Å². The minimum atomic E-state index is -0.252. The van der Waals surface area contributed by atoms with Gasteiger partial charge in [0, 0.05) is 10.7 Å². The van der Waals surface area contributed by atoms with Crippen LogP contribution in [0.25, 0.3) is 6.08 Å². The van der Waals surface area contributed by atoms with E-state index < -0.39 is 0 Å². The fourth-order valence-corrected chi connectivity index (χ4v) is 1.69. The highest BCUT2D eigenvalue weighted by atomic mass is 79.9. The molecular formula is C14H10BrNO2. The van der Waals surface area contributed by atoms with Gasteiger partial charge in [0.25, 0.3) is 0 Å². The molecule has 0 aliphatic rings. The van der Waals surface area contributed by atoms with Crippen molar-refractivity contribution in [3.63, 3.8) is 0 Å². The van der Waals surface area contributed by atoms with Gasteiger partial charge in [0.1, 0.15) is 5.75 Å². The van der Waals surface area contributed by atoms with Crippen LogP contribution in [-0.4, -0.2) is 15.9 Å². The van der Waals surface area contributed by atoms with Crippen molar-refractivity contribution in [1.29, 1.82) is 0 Å². The van der Waals surface area contributed by atoms with Gasteiger partial charge in [-0.2, -0.15) is 0 Å². The first-order valence-electron chi connectivity index (χ1n) is 5.28. The van der Waals surface area contributed by atoms with Crippen molar-refractivity contribution >= 4 is 27.8 Å². The van der Waals surface area contributed by atoms with Crippen LogP contribution in [-0.2, 0) is 0 Å². The van der Waals surface area contributed by atoms with E-state index in [2.05, 4.69) is 20.9 Å². The fraction of sp³-hybridized carbons (Fsp3) is 0. The van der Waals surface area contributed by atoms with Gasteiger partial charge in [-0.25, -0.2) is 0 Å². The first kappa shape index (κ1) is 12.5. The highest BCUT2D eigenvalue weighted by Gasteiger charge is 2.06. The van der Waals surface area contributed by atoms with Crippen LogP contribution >= 0.6 is 15.9 Å². The molecule has 0 saturated carbocycles. The number of benzene rings is 1.